The Morgan fingerprint density at radius 2 is 1.78 bits per heavy atom. The maximum absolute atomic E-state index is 13.5. The second-order valence-corrected chi connectivity index (χ2v) is 9.31. The number of anilines is 1. The first kappa shape index (κ1) is 24.8. The van der Waals surface area contributed by atoms with Crippen LogP contribution in [0.25, 0.3) is 11.1 Å². The molecule has 0 bridgehead atoms. The van der Waals surface area contributed by atoms with E-state index in [9.17, 15) is 15.3 Å². The van der Waals surface area contributed by atoms with Crippen molar-refractivity contribution in [2.75, 3.05) is 25.4 Å². The number of nitriles is 2. The van der Waals surface area contributed by atoms with Gasteiger partial charge in [0.25, 0.3) is 0 Å². The van der Waals surface area contributed by atoms with E-state index in [1.165, 1.54) is 11.8 Å². The van der Waals surface area contributed by atoms with Crippen LogP contribution in [0.15, 0.2) is 72.3 Å². The van der Waals surface area contributed by atoms with Gasteiger partial charge >= 0.3 is 0 Å². The van der Waals surface area contributed by atoms with Crippen molar-refractivity contribution in [2.45, 2.75) is 23.1 Å². The van der Waals surface area contributed by atoms with Crippen molar-refractivity contribution in [3.63, 3.8) is 0 Å². The summed E-state index contributed by atoms with van der Waals surface area (Å²) in [6, 6.07) is 20.8. The normalized spacial score (nSPS) is 13.4. The van der Waals surface area contributed by atoms with Gasteiger partial charge in [-0.15, -0.1) is 0 Å². The zero-order chi connectivity index (χ0) is 25.5. The zero-order valence-corrected chi connectivity index (χ0v) is 20.5. The zero-order valence-electron chi connectivity index (χ0n) is 19.7. The highest BCUT2D eigenvalue weighted by Gasteiger charge is 2.31. The number of aromatic nitrogens is 1. The van der Waals surface area contributed by atoms with Crippen LogP contribution in [0.5, 0.6) is 5.75 Å². The Bertz CT molecular complexity index is 1340. The smallest absolute Gasteiger partial charge is 0.240 e. The highest BCUT2D eigenvalue weighted by Crippen LogP contribution is 2.42. The minimum atomic E-state index is -0.598. The molecule has 7 nitrogen and oxygen atoms in total. The molecule has 2 heterocycles. The molecular formula is C28H25N5O2S. The van der Waals surface area contributed by atoms with Crippen LogP contribution >= 0.6 is 11.8 Å². The van der Waals surface area contributed by atoms with Gasteiger partial charge in [-0.05, 0) is 36.1 Å². The lowest BCUT2D eigenvalue weighted by Gasteiger charge is -2.24. The fourth-order valence-corrected chi connectivity index (χ4v) is 5.33. The van der Waals surface area contributed by atoms with Crippen molar-refractivity contribution in [3.8, 4) is 29.0 Å². The molecule has 2 N–H and O–H groups in total. The number of likely N-dealkylation sites (tertiary alicyclic amines) is 1. The Morgan fingerprint density at radius 1 is 1.11 bits per heavy atom. The molecule has 1 fully saturated rings. The molecule has 1 saturated heterocycles. The van der Waals surface area contributed by atoms with Crippen LogP contribution in [0, 0.1) is 22.7 Å². The molecule has 2 aromatic carbocycles. The number of thioether (sulfide) groups is 1. The van der Waals surface area contributed by atoms with Gasteiger partial charge in [-0.25, -0.2) is 4.98 Å². The van der Waals surface area contributed by atoms with Crippen LogP contribution in [-0.4, -0.2) is 35.5 Å². The van der Waals surface area contributed by atoms with E-state index < -0.39 is 5.25 Å². The molecule has 180 valence electrons. The van der Waals surface area contributed by atoms with Crippen molar-refractivity contribution in [2.24, 2.45) is 0 Å². The summed E-state index contributed by atoms with van der Waals surface area (Å²) in [5.74, 6) is 0.622. The van der Waals surface area contributed by atoms with Gasteiger partial charge in [0.2, 0.25) is 5.91 Å². The van der Waals surface area contributed by atoms with Gasteiger partial charge in [-0.2, -0.15) is 10.5 Å². The van der Waals surface area contributed by atoms with Crippen LogP contribution in [0.4, 0.5) is 5.82 Å². The van der Waals surface area contributed by atoms with E-state index in [1.54, 1.807) is 30.3 Å². The average molecular weight is 496 g/mol. The summed E-state index contributed by atoms with van der Waals surface area (Å²) in [6.07, 6.45) is 3.59. The fraction of sp³-hybridized carbons (Fsp3) is 0.214. The average Bonchev–Trinajstić information content (AvgIpc) is 3.46. The van der Waals surface area contributed by atoms with Gasteiger partial charge in [-0.3, -0.25) is 4.79 Å². The van der Waals surface area contributed by atoms with Crippen LogP contribution in [-0.2, 0) is 4.79 Å². The van der Waals surface area contributed by atoms with Crippen molar-refractivity contribution in [1.29, 1.82) is 10.5 Å². The minimum absolute atomic E-state index is 0.0152. The lowest BCUT2D eigenvalue weighted by Crippen LogP contribution is -2.31. The Hall–Kier alpha value is -4.27. The molecule has 1 aromatic heterocycles. The predicted molar refractivity (Wildman–Crippen MR) is 140 cm³/mol. The number of hydrogen-bond donors (Lipinski definition) is 1. The number of carbonyl (C=O) groups is 1. The first-order chi connectivity index (χ1) is 17.6. The Kier molecular flexibility index (Phi) is 7.89. The summed E-state index contributed by atoms with van der Waals surface area (Å²) >= 11 is 1.19. The van der Waals surface area contributed by atoms with Crippen LogP contribution in [0.3, 0.4) is 0 Å². The summed E-state index contributed by atoms with van der Waals surface area (Å²) in [5.41, 5.74) is 8.39. The summed E-state index contributed by atoms with van der Waals surface area (Å²) in [5, 5.41) is 19.8. The first-order valence-corrected chi connectivity index (χ1v) is 12.4. The molecule has 4 rings (SSSR count). The van der Waals surface area contributed by atoms with Crippen molar-refractivity contribution in [1.82, 2.24) is 9.88 Å². The topological polar surface area (TPSA) is 116 Å². The number of rotatable bonds is 8. The molecule has 3 aromatic rings. The van der Waals surface area contributed by atoms with Crippen molar-refractivity contribution < 1.29 is 9.53 Å². The van der Waals surface area contributed by atoms with E-state index >= 15 is 0 Å². The number of amides is 1. The summed E-state index contributed by atoms with van der Waals surface area (Å²) in [4.78, 5) is 19.8. The molecule has 1 amide bonds. The highest BCUT2D eigenvalue weighted by atomic mass is 32.2. The lowest BCUT2D eigenvalue weighted by molar-refractivity contribution is -0.129. The Labute approximate surface area is 214 Å². The van der Waals surface area contributed by atoms with Crippen LogP contribution < -0.4 is 10.5 Å². The van der Waals surface area contributed by atoms with Gasteiger partial charge < -0.3 is 15.4 Å². The number of nitrogens with two attached hydrogens (primary N) is 1. The largest absolute Gasteiger partial charge is 0.490 e. The molecule has 36 heavy (non-hydrogen) atoms. The van der Waals surface area contributed by atoms with E-state index in [1.807, 2.05) is 35.2 Å². The van der Waals surface area contributed by atoms with Crippen LogP contribution in [0.1, 0.15) is 34.8 Å². The molecule has 1 unspecified atom stereocenters. The fourth-order valence-electron chi connectivity index (χ4n) is 4.15. The third-order valence-electron chi connectivity index (χ3n) is 5.90. The van der Waals surface area contributed by atoms with E-state index in [0.717, 1.165) is 18.4 Å². The number of ether oxygens (including phenoxy) is 1. The van der Waals surface area contributed by atoms with Crippen molar-refractivity contribution >= 4 is 23.5 Å². The molecule has 1 aliphatic heterocycles. The standard InChI is InChI=1S/C28H25N5O2S/c1-2-16-35-21-12-10-19(11-13-21)24-22(17-29)26(31)32-27(23(24)18-30)36-25(20-8-4-3-5-9-20)28(34)33-14-6-7-15-33/h2-5,8-13,25H,1,6-7,14-16H2,(H2,31,32). The molecule has 1 aliphatic rings. The van der Waals surface area contributed by atoms with Crippen LogP contribution in [0.2, 0.25) is 0 Å². The van der Waals surface area contributed by atoms with E-state index in [0.29, 0.717) is 41.6 Å². The molecule has 8 heteroatoms. The highest BCUT2D eigenvalue weighted by molar-refractivity contribution is 8.00. The predicted octanol–water partition coefficient (Wildman–Crippen LogP) is 5.09. The Morgan fingerprint density at radius 3 is 2.39 bits per heavy atom. The number of nitrogens with zero attached hydrogens (tertiary/aromatic N) is 4. The van der Waals surface area contributed by atoms with Gasteiger partial charge in [-0.1, -0.05) is 66.9 Å². The maximum atomic E-state index is 13.5. The Balaban J connectivity index is 1.80. The molecule has 1 atom stereocenters. The third kappa shape index (κ3) is 5.19. The third-order valence-corrected chi connectivity index (χ3v) is 7.13. The SMILES string of the molecule is C=CCOc1ccc(-c2c(C#N)c(N)nc(SC(C(=O)N3CCCC3)c3ccccc3)c2C#N)cc1. The second-order valence-electron chi connectivity index (χ2n) is 8.22. The molecule has 0 spiro atoms. The number of pyridine rings is 1. The van der Waals surface area contributed by atoms with Gasteiger partial charge in [0.05, 0.1) is 5.56 Å². The quantitative estimate of drug-likeness (QED) is 0.341. The summed E-state index contributed by atoms with van der Waals surface area (Å²) in [6.45, 7) is 5.42. The summed E-state index contributed by atoms with van der Waals surface area (Å²) in [7, 11) is 0. The first-order valence-electron chi connectivity index (χ1n) is 11.6. The van der Waals surface area contributed by atoms with Gasteiger partial charge in [0.15, 0.2) is 0 Å². The van der Waals surface area contributed by atoms with E-state index in [2.05, 4.69) is 23.7 Å². The van der Waals surface area contributed by atoms with E-state index in [-0.39, 0.29) is 22.9 Å². The monoisotopic (exact) mass is 495 g/mol. The molecule has 0 saturated carbocycles. The van der Waals surface area contributed by atoms with Gasteiger partial charge in [0, 0.05) is 18.7 Å². The maximum Gasteiger partial charge on any atom is 0.240 e. The van der Waals surface area contributed by atoms with Crippen molar-refractivity contribution in [3.05, 3.63) is 83.9 Å². The van der Waals surface area contributed by atoms with Gasteiger partial charge in [0.1, 0.15) is 46.2 Å². The number of hydrogen-bond acceptors (Lipinski definition) is 7. The molecular weight excluding hydrogens is 470 g/mol. The number of nitrogen functional groups attached to an aromatic ring is 1. The number of benzene rings is 2. The second kappa shape index (κ2) is 11.4. The minimum Gasteiger partial charge on any atom is -0.490 e. The lowest BCUT2D eigenvalue weighted by atomic mass is 9.97. The molecule has 0 radical (unpaired) electrons. The summed E-state index contributed by atoms with van der Waals surface area (Å²) < 4.78 is 5.55. The molecule has 0 aliphatic carbocycles. The van der Waals surface area contributed by atoms with E-state index in [4.69, 9.17) is 10.5 Å². The number of carbonyl (C=O) groups excluding carboxylic acids is 1.